The van der Waals surface area contributed by atoms with Gasteiger partial charge in [0.2, 0.25) is 0 Å². The summed E-state index contributed by atoms with van der Waals surface area (Å²) in [5.74, 6) is -2.53. The molecule has 0 fully saturated rings. The third kappa shape index (κ3) is 12.4. The SMILES string of the molecule is O=C(O)CCCCC(=O)O.O=C1OCCOC(=O)c2ccc1cc2.OCCO. The molecule has 2 aliphatic heterocycles. The van der Waals surface area contributed by atoms with Crippen molar-refractivity contribution in [3.63, 3.8) is 0 Å². The maximum atomic E-state index is 11.3. The van der Waals surface area contributed by atoms with Crippen LogP contribution in [0.5, 0.6) is 0 Å². The lowest BCUT2D eigenvalue weighted by Crippen LogP contribution is -2.16. The number of hydrogen-bond acceptors (Lipinski definition) is 8. The van der Waals surface area contributed by atoms with Crippen LogP contribution in [0, 0.1) is 0 Å². The summed E-state index contributed by atoms with van der Waals surface area (Å²) in [6.07, 6.45) is 1.02. The number of fused-ring (bicyclic) bond motifs is 7. The fourth-order valence-electron chi connectivity index (χ4n) is 1.73. The summed E-state index contributed by atoms with van der Waals surface area (Å²) in [6, 6.07) is 6.18. The molecule has 0 aliphatic carbocycles. The number of hydrogen-bond donors (Lipinski definition) is 4. The summed E-state index contributed by atoms with van der Waals surface area (Å²) >= 11 is 0. The maximum absolute atomic E-state index is 11.3. The van der Waals surface area contributed by atoms with Gasteiger partial charge in [-0.3, -0.25) is 9.59 Å². The van der Waals surface area contributed by atoms with Crippen molar-refractivity contribution in [3.05, 3.63) is 35.4 Å². The third-order valence-electron chi connectivity index (χ3n) is 3.04. The van der Waals surface area contributed by atoms with Crippen LogP contribution in [0.2, 0.25) is 0 Å². The molecule has 0 saturated heterocycles. The summed E-state index contributed by atoms with van der Waals surface area (Å²) in [5, 5.41) is 31.5. The summed E-state index contributed by atoms with van der Waals surface area (Å²) < 4.78 is 9.66. The van der Waals surface area contributed by atoms with E-state index in [-0.39, 0.29) is 39.3 Å². The van der Waals surface area contributed by atoms with Crippen molar-refractivity contribution in [1.82, 2.24) is 0 Å². The number of ether oxygens (including phenoxy) is 2. The number of carbonyl (C=O) groups is 4. The molecule has 0 unspecified atom stereocenters. The third-order valence-corrected chi connectivity index (χ3v) is 3.04. The Hall–Kier alpha value is -2.98. The van der Waals surface area contributed by atoms with Gasteiger partial charge in [-0.25, -0.2) is 9.59 Å². The minimum Gasteiger partial charge on any atom is -0.481 e. The van der Waals surface area contributed by atoms with E-state index >= 15 is 0 Å². The lowest BCUT2D eigenvalue weighted by atomic mass is 10.1. The molecular weight excluding hydrogens is 376 g/mol. The smallest absolute Gasteiger partial charge is 0.338 e. The number of unbranched alkanes of at least 4 members (excludes halogenated alkanes) is 1. The lowest BCUT2D eigenvalue weighted by Gasteiger charge is -2.09. The van der Waals surface area contributed by atoms with Crippen molar-refractivity contribution in [3.8, 4) is 0 Å². The second-order valence-corrected chi connectivity index (χ2v) is 5.29. The van der Waals surface area contributed by atoms with E-state index in [1.807, 2.05) is 0 Å². The normalized spacial score (nSPS) is 12.4. The highest BCUT2D eigenvalue weighted by atomic mass is 16.6. The fourth-order valence-corrected chi connectivity index (χ4v) is 1.73. The van der Waals surface area contributed by atoms with Crippen molar-refractivity contribution < 1.29 is 49.1 Å². The standard InChI is InChI=1S/C10H8O4.C6H10O4.C2H6O2/c11-9-7-1-2-8(4-3-7)10(12)14-6-5-13-9;7-5(8)3-1-2-4-6(9)10;3-1-2-4/h1-4H,5-6H2;1-4H2,(H,7,8)(H,9,10);3-4H,1-2H2. The second kappa shape index (κ2) is 15.1. The minimum atomic E-state index is -0.870. The molecule has 2 bridgehead atoms. The highest BCUT2D eigenvalue weighted by Gasteiger charge is 2.13. The van der Waals surface area contributed by atoms with Gasteiger partial charge in [0.05, 0.1) is 24.3 Å². The predicted octanol–water partition coefficient (Wildman–Crippen LogP) is 0.701. The number of aliphatic carboxylic acids is 2. The molecule has 3 rings (SSSR count). The summed E-state index contributed by atoms with van der Waals surface area (Å²) in [5.41, 5.74) is 0.895. The second-order valence-electron chi connectivity index (χ2n) is 5.29. The molecule has 1 aromatic rings. The van der Waals surface area contributed by atoms with Crippen LogP contribution in [0.25, 0.3) is 0 Å². The van der Waals surface area contributed by atoms with E-state index in [1.54, 1.807) is 24.3 Å². The molecule has 2 aliphatic rings. The Labute approximate surface area is 161 Å². The maximum Gasteiger partial charge on any atom is 0.338 e. The van der Waals surface area contributed by atoms with Crippen LogP contribution in [0.1, 0.15) is 46.4 Å². The number of benzene rings is 1. The van der Waals surface area contributed by atoms with Crippen LogP contribution < -0.4 is 0 Å². The first kappa shape index (κ1) is 25.0. The van der Waals surface area contributed by atoms with E-state index in [4.69, 9.17) is 29.9 Å². The number of carboxylic acid groups (broad SMARTS) is 2. The Morgan fingerprint density at radius 3 is 1.32 bits per heavy atom. The molecule has 4 N–H and O–H groups in total. The van der Waals surface area contributed by atoms with E-state index in [2.05, 4.69) is 0 Å². The van der Waals surface area contributed by atoms with Gasteiger partial charge in [0.25, 0.3) is 0 Å². The number of esters is 2. The molecule has 28 heavy (non-hydrogen) atoms. The Bertz CT molecular complexity index is 569. The van der Waals surface area contributed by atoms with Gasteiger partial charge < -0.3 is 29.9 Å². The first-order chi connectivity index (χ1) is 13.3. The Morgan fingerprint density at radius 2 is 1.07 bits per heavy atom. The molecule has 156 valence electrons. The Balaban J connectivity index is 0.000000458. The van der Waals surface area contributed by atoms with Crippen molar-refractivity contribution in [2.45, 2.75) is 25.7 Å². The Kier molecular flexibility index (Phi) is 13.5. The van der Waals surface area contributed by atoms with E-state index in [1.165, 1.54) is 0 Å². The van der Waals surface area contributed by atoms with E-state index < -0.39 is 23.9 Å². The van der Waals surface area contributed by atoms with Gasteiger partial charge in [0.1, 0.15) is 13.2 Å². The summed E-state index contributed by atoms with van der Waals surface area (Å²) in [4.78, 5) is 42.3. The largest absolute Gasteiger partial charge is 0.481 e. The van der Waals surface area contributed by atoms with Crippen LogP contribution in [0.15, 0.2) is 24.3 Å². The average molecular weight is 400 g/mol. The van der Waals surface area contributed by atoms with Gasteiger partial charge in [-0.2, -0.15) is 0 Å². The van der Waals surface area contributed by atoms with Crippen molar-refractivity contribution >= 4 is 23.9 Å². The molecule has 0 aromatic heterocycles. The number of carbonyl (C=O) groups excluding carboxylic acids is 2. The van der Waals surface area contributed by atoms with Crippen molar-refractivity contribution in [2.75, 3.05) is 26.4 Å². The predicted molar refractivity (Wildman–Crippen MR) is 94.9 cm³/mol. The van der Waals surface area contributed by atoms with Gasteiger partial charge in [0, 0.05) is 12.8 Å². The zero-order chi connectivity index (χ0) is 21.4. The van der Waals surface area contributed by atoms with Crippen LogP contribution in [0.4, 0.5) is 0 Å². The minimum absolute atomic E-state index is 0.0628. The van der Waals surface area contributed by atoms with Crippen LogP contribution in [0.3, 0.4) is 0 Å². The van der Waals surface area contributed by atoms with E-state index in [0.717, 1.165) is 0 Å². The number of aliphatic hydroxyl groups excluding tert-OH is 2. The molecule has 10 nitrogen and oxygen atoms in total. The zero-order valence-electron chi connectivity index (χ0n) is 15.2. The van der Waals surface area contributed by atoms with Crippen LogP contribution in [-0.2, 0) is 19.1 Å². The number of carboxylic acids is 2. The number of rotatable bonds is 6. The van der Waals surface area contributed by atoms with E-state index in [9.17, 15) is 19.2 Å². The quantitative estimate of drug-likeness (QED) is 0.394. The topological polar surface area (TPSA) is 168 Å². The monoisotopic (exact) mass is 400 g/mol. The molecule has 0 saturated carbocycles. The highest BCUT2D eigenvalue weighted by molar-refractivity contribution is 5.93. The van der Waals surface area contributed by atoms with Crippen molar-refractivity contribution in [2.24, 2.45) is 0 Å². The molecular formula is C18H24O10. The fraction of sp³-hybridized carbons (Fsp3) is 0.444. The molecule has 0 spiro atoms. The molecule has 2 heterocycles. The zero-order valence-corrected chi connectivity index (χ0v) is 15.2. The summed E-state index contributed by atoms with van der Waals surface area (Å²) in [6.45, 7) is -0.0495. The van der Waals surface area contributed by atoms with Crippen molar-refractivity contribution in [1.29, 1.82) is 0 Å². The lowest BCUT2D eigenvalue weighted by molar-refractivity contribution is -0.139. The van der Waals surface area contributed by atoms with E-state index in [0.29, 0.717) is 24.0 Å². The highest BCUT2D eigenvalue weighted by Crippen LogP contribution is 2.09. The van der Waals surface area contributed by atoms with Gasteiger partial charge in [-0.05, 0) is 37.1 Å². The molecule has 0 radical (unpaired) electrons. The van der Waals surface area contributed by atoms with Gasteiger partial charge in [0.15, 0.2) is 0 Å². The summed E-state index contributed by atoms with van der Waals surface area (Å²) in [7, 11) is 0. The van der Waals surface area contributed by atoms with Crippen LogP contribution in [-0.4, -0.2) is 70.7 Å². The Morgan fingerprint density at radius 1 is 0.750 bits per heavy atom. The average Bonchev–Trinajstić information content (AvgIpc) is 2.68. The van der Waals surface area contributed by atoms with Gasteiger partial charge in [-0.1, -0.05) is 0 Å². The molecule has 0 amide bonds. The first-order valence-electron chi connectivity index (χ1n) is 8.41. The van der Waals surface area contributed by atoms with Crippen LogP contribution >= 0.6 is 0 Å². The first-order valence-corrected chi connectivity index (χ1v) is 8.41. The molecule has 10 heteroatoms. The molecule has 1 aromatic carbocycles. The van der Waals surface area contributed by atoms with Gasteiger partial charge >= 0.3 is 23.9 Å². The number of aliphatic hydroxyl groups is 2. The van der Waals surface area contributed by atoms with Gasteiger partial charge in [-0.15, -0.1) is 0 Å². The molecule has 0 atom stereocenters.